The Bertz CT molecular complexity index is 1440. The summed E-state index contributed by atoms with van der Waals surface area (Å²) in [4.78, 5) is 35.9. The number of carbonyl (C=O) groups excluding carboxylic acids is 3. The Labute approximate surface area is 311 Å². The molecule has 0 unspecified atom stereocenters. The van der Waals surface area contributed by atoms with E-state index in [4.69, 9.17) is 42.6 Å². The zero-order chi connectivity index (χ0) is 37.2. The minimum Gasteiger partial charge on any atom is -0.457 e. The first-order valence-corrected chi connectivity index (χ1v) is 18.0. The van der Waals surface area contributed by atoms with Crippen LogP contribution in [0.5, 0.6) is 0 Å². The first-order chi connectivity index (χ1) is 26.1. The number of rotatable bonds is 29. The second kappa shape index (κ2) is 25.7. The maximum absolute atomic E-state index is 12.3. The van der Waals surface area contributed by atoms with Gasteiger partial charge in [0.1, 0.15) is 13.2 Å². The highest BCUT2D eigenvalue weighted by Gasteiger charge is 2.29. The van der Waals surface area contributed by atoms with Crippen LogP contribution in [0.15, 0.2) is 78.9 Å². The number of hydrogen-bond donors (Lipinski definition) is 1. The number of esters is 1. The van der Waals surface area contributed by atoms with E-state index in [1.54, 1.807) is 30.3 Å². The SMILES string of the molecule is O=C(NCCCOCCOCCOCCOCCOCCOCCOCCOC(=O)C(=O)c1ccccc1)OCC1c2ccccc2-c2ccccc21. The molecule has 1 N–H and O–H groups in total. The fourth-order valence-electron chi connectivity index (χ4n) is 5.40. The van der Waals surface area contributed by atoms with Gasteiger partial charge in [0.15, 0.2) is 0 Å². The standard InChI is InChI=1S/C40H51NO12/c42-38(32-9-2-1-3-10-32)39(43)52-30-29-51-28-27-50-26-25-49-24-23-48-22-21-47-20-19-46-18-17-45-16-8-15-41-40(44)53-31-37-35-13-6-4-11-33(35)34-12-5-7-14-36(34)37/h1-7,9-14,37H,8,15-31H2,(H,41,44). The number of hydrogen-bond acceptors (Lipinski definition) is 12. The van der Waals surface area contributed by atoms with Gasteiger partial charge >= 0.3 is 12.1 Å². The third kappa shape index (κ3) is 15.7. The lowest BCUT2D eigenvalue weighted by Gasteiger charge is -2.14. The van der Waals surface area contributed by atoms with Crippen molar-refractivity contribution in [3.8, 4) is 11.1 Å². The Balaban J connectivity index is 0.820. The minimum atomic E-state index is -0.901. The molecular weight excluding hydrogens is 686 g/mol. The van der Waals surface area contributed by atoms with Crippen molar-refractivity contribution in [3.05, 3.63) is 95.6 Å². The second-order valence-corrected chi connectivity index (χ2v) is 11.7. The third-order valence-corrected chi connectivity index (χ3v) is 7.99. The van der Waals surface area contributed by atoms with Gasteiger partial charge in [-0.05, 0) is 28.7 Å². The van der Waals surface area contributed by atoms with Gasteiger partial charge in [-0.2, -0.15) is 0 Å². The number of benzene rings is 3. The molecule has 0 saturated carbocycles. The lowest BCUT2D eigenvalue weighted by molar-refractivity contribution is -0.139. The quantitative estimate of drug-likeness (QED) is 0.0465. The summed E-state index contributed by atoms with van der Waals surface area (Å²) < 4.78 is 48.7. The van der Waals surface area contributed by atoms with Crippen LogP contribution in [0, 0.1) is 0 Å². The van der Waals surface area contributed by atoms with E-state index in [0.29, 0.717) is 111 Å². The third-order valence-electron chi connectivity index (χ3n) is 7.99. The molecule has 0 bridgehead atoms. The van der Waals surface area contributed by atoms with Crippen LogP contribution in [0.25, 0.3) is 11.1 Å². The van der Waals surface area contributed by atoms with E-state index in [0.717, 1.165) is 0 Å². The second-order valence-electron chi connectivity index (χ2n) is 11.7. The molecule has 0 aliphatic heterocycles. The summed E-state index contributed by atoms with van der Waals surface area (Å²) >= 11 is 0. The van der Waals surface area contributed by atoms with E-state index in [1.807, 2.05) is 24.3 Å². The topological polar surface area (TPSA) is 146 Å². The lowest BCUT2D eigenvalue weighted by atomic mass is 9.98. The average molecular weight is 738 g/mol. The number of carbonyl (C=O) groups is 3. The van der Waals surface area contributed by atoms with Crippen LogP contribution in [0.2, 0.25) is 0 Å². The van der Waals surface area contributed by atoms with Crippen LogP contribution in [0.4, 0.5) is 4.79 Å². The highest BCUT2D eigenvalue weighted by Crippen LogP contribution is 2.44. The molecule has 0 fully saturated rings. The van der Waals surface area contributed by atoms with Crippen molar-refractivity contribution in [2.45, 2.75) is 12.3 Å². The average Bonchev–Trinajstić information content (AvgIpc) is 3.51. The first-order valence-electron chi connectivity index (χ1n) is 18.0. The van der Waals surface area contributed by atoms with E-state index in [2.05, 4.69) is 29.6 Å². The van der Waals surface area contributed by atoms with Gasteiger partial charge in [0, 0.05) is 24.6 Å². The van der Waals surface area contributed by atoms with Crippen molar-refractivity contribution in [1.29, 1.82) is 0 Å². The van der Waals surface area contributed by atoms with Crippen LogP contribution in [0.1, 0.15) is 33.8 Å². The van der Waals surface area contributed by atoms with E-state index in [9.17, 15) is 14.4 Å². The van der Waals surface area contributed by atoms with E-state index in [1.165, 1.54) is 22.3 Å². The zero-order valence-corrected chi connectivity index (χ0v) is 30.2. The van der Waals surface area contributed by atoms with Gasteiger partial charge in [0.05, 0.1) is 85.9 Å². The van der Waals surface area contributed by atoms with Crippen LogP contribution < -0.4 is 5.32 Å². The summed E-state index contributed by atoms with van der Waals surface area (Å²) in [5, 5.41) is 2.80. The molecule has 0 atom stereocenters. The molecular formula is C40H51NO12. The van der Waals surface area contributed by atoms with Crippen LogP contribution >= 0.6 is 0 Å². The molecule has 13 nitrogen and oxygen atoms in total. The molecule has 288 valence electrons. The summed E-state index contributed by atoms with van der Waals surface area (Å²) in [6.07, 6.45) is 0.249. The first kappa shape index (κ1) is 41.5. The van der Waals surface area contributed by atoms with Gasteiger partial charge in [-0.25, -0.2) is 9.59 Å². The van der Waals surface area contributed by atoms with Crippen LogP contribution in [-0.4, -0.2) is 130 Å². The number of alkyl carbamates (subject to hydrolysis) is 1. The highest BCUT2D eigenvalue weighted by molar-refractivity contribution is 6.40. The summed E-state index contributed by atoms with van der Waals surface area (Å²) in [6.45, 7) is 6.65. The van der Waals surface area contributed by atoms with Crippen molar-refractivity contribution in [1.82, 2.24) is 5.32 Å². The van der Waals surface area contributed by atoms with Crippen molar-refractivity contribution >= 4 is 17.8 Å². The molecule has 1 amide bonds. The normalized spacial score (nSPS) is 11.9. The van der Waals surface area contributed by atoms with E-state index < -0.39 is 17.8 Å². The molecule has 3 aromatic rings. The van der Waals surface area contributed by atoms with Crippen LogP contribution in [-0.2, 0) is 47.4 Å². The zero-order valence-electron chi connectivity index (χ0n) is 30.2. The van der Waals surface area contributed by atoms with Crippen molar-refractivity contribution in [2.24, 2.45) is 0 Å². The van der Waals surface area contributed by atoms with Gasteiger partial charge in [-0.1, -0.05) is 78.9 Å². The highest BCUT2D eigenvalue weighted by atomic mass is 16.6. The molecule has 1 aliphatic carbocycles. The minimum absolute atomic E-state index is 0.00787. The Morgan fingerprint density at radius 2 is 0.887 bits per heavy atom. The number of fused-ring (bicyclic) bond motifs is 3. The van der Waals surface area contributed by atoms with E-state index in [-0.39, 0.29) is 19.1 Å². The molecule has 0 radical (unpaired) electrons. The molecule has 0 saturated heterocycles. The summed E-state index contributed by atoms with van der Waals surface area (Å²) in [6, 6.07) is 24.8. The molecule has 1 aliphatic rings. The molecule has 4 rings (SSSR count). The van der Waals surface area contributed by atoms with E-state index >= 15 is 0 Å². The summed E-state index contributed by atoms with van der Waals surface area (Å²) in [5.74, 6) is -1.54. The van der Waals surface area contributed by atoms with Gasteiger partial charge in [-0.3, -0.25) is 4.79 Å². The number of Topliss-reactive ketones (excluding diaryl/α,β-unsaturated/α-hetero) is 1. The van der Waals surface area contributed by atoms with Crippen molar-refractivity contribution in [2.75, 3.05) is 112 Å². The van der Waals surface area contributed by atoms with Crippen molar-refractivity contribution in [3.63, 3.8) is 0 Å². The predicted octanol–water partition coefficient (Wildman–Crippen LogP) is 4.46. The Morgan fingerprint density at radius 3 is 1.38 bits per heavy atom. The van der Waals surface area contributed by atoms with Gasteiger partial charge in [0.25, 0.3) is 5.78 Å². The number of nitrogens with one attached hydrogen (secondary N) is 1. The van der Waals surface area contributed by atoms with Gasteiger partial charge < -0.3 is 47.9 Å². The molecule has 0 spiro atoms. The maximum atomic E-state index is 12.3. The van der Waals surface area contributed by atoms with Crippen LogP contribution in [0.3, 0.4) is 0 Å². The number of amides is 1. The summed E-state index contributed by atoms with van der Waals surface area (Å²) in [7, 11) is 0. The number of ketones is 1. The fourth-order valence-corrected chi connectivity index (χ4v) is 5.40. The summed E-state index contributed by atoms with van der Waals surface area (Å²) in [5.41, 5.74) is 5.07. The number of ether oxygens (including phenoxy) is 9. The molecule has 0 aromatic heterocycles. The van der Waals surface area contributed by atoms with Crippen molar-refractivity contribution < 1.29 is 57.0 Å². The predicted molar refractivity (Wildman–Crippen MR) is 195 cm³/mol. The Morgan fingerprint density at radius 1 is 0.472 bits per heavy atom. The smallest absolute Gasteiger partial charge is 0.407 e. The fraction of sp³-hybridized carbons (Fsp3) is 0.475. The molecule has 0 heterocycles. The monoisotopic (exact) mass is 737 g/mol. The van der Waals surface area contributed by atoms with Gasteiger partial charge in [-0.15, -0.1) is 0 Å². The largest absolute Gasteiger partial charge is 0.457 e. The van der Waals surface area contributed by atoms with Gasteiger partial charge in [0.2, 0.25) is 0 Å². The molecule has 13 heteroatoms. The Kier molecular flexibility index (Phi) is 20.2. The maximum Gasteiger partial charge on any atom is 0.407 e. The molecule has 53 heavy (non-hydrogen) atoms. The molecule has 3 aromatic carbocycles. The Hall–Kier alpha value is -4.21. The lowest BCUT2D eigenvalue weighted by Crippen LogP contribution is -2.27.